The molecule has 0 unspecified atom stereocenters. The number of amides is 1. The number of carbonyl (C=O) groups is 2. The second-order valence-corrected chi connectivity index (χ2v) is 7.02. The first kappa shape index (κ1) is 34.2. The summed E-state index contributed by atoms with van der Waals surface area (Å²) in [7, 11) is 2.99. The molecule has 0 fully saturated rings. The van der Waals surface area contributed by atoms with Crippen molar-refractivity contribution in [1.82, 2.24) is 15.0 Å². The van der Waals surface area contributed by atoms with Gasteiger partial charge in [-0.05, 0) is 62.5 Å². The third kappa shape index (κ3) is 14.6. The molecule has 0 bridgehead atoms. The summed E-state index contributed by atoms with van der Waals surface area (Å²) >= 11 is 6.40. The van der Waals surface area contributed by atoms with Gasteiger partial charge in [-0.2, -0.15) is 6.42 Å². The maximum atomic E-state index is 11.5. The molecule has 10 heteroatoms. The van der Waals surface area contributed by atoms with E-state index in [1.807, 2.05) is 13.8 Å². The Kier molecular flexibility index (Phi) is 23.4. The van der Waals surface area contributed by atoms with Crippen molar-refractivity contribution in [3.05, 3.63) is 63.9 Å². The van der Waals surface area contributed by atoms with Gasteiger partial charge >= 0.3 is 23.1 Å². The summed E-state index contributed by atoms with van der Waals surface area (Å²) in [5.41, 5.74) is 1.27. The van der Waals surface area contributed by atoms with E-state index in [1.165, 1.54) is 7.11 Å². The molecule has 0 aromatic carbocycles. The number of hydrogen-bond donors (Lipinski definition) is 0. The molecule has 0 atom stereocenters. The second kappa shape index (κ2) is 20.5. The van der Waals surface area contributed by atoms with E-state index in [0.29, 0.717) is 21.2 Å². The number of pyridine rings is 2. The standard InChI is InChI=1S/C9H10BrNO.C8H9BrN2O2.C3H7.BrH.Mg/c1-2-3-8(12)7-4-5-11-9(10)6-7;1-11(13-2)8(12)6-3-4-10-7(9)5-6;1-3-2;;/h4-6H,2-3H2,1H3;3-5H,1-2H3;1,3H2,2H3;1H;/q;;-1;;+2/p-1. The first-order chi connectivity index (χ1) is 13.3. The molecule has 0 N–H and O–H groups in total. The summed E-state index contributed by atoms with van der Waals surface area (Å²) < 4.78 is 1.34. The van der Waals surface area contributed by atoms with Crippen LogP contribution in [0.2, 0.25) is 0 Å². The van der Waals surface area contributed by atoms with Crippen molar-refractivity contribution in [3.8, 4) is 0 Å². The Morgan fingerprint density at radius 2 is 1.50 bits per heavy atom. The molecule has 1 amide bonds. The van der Waals surface area contributed by atoms with Gasteiger partial charge in [-0.15, -0.1) is 0 Å². The Bertz CT molecular complexity index is 752. The number of Topliss-reactive ketones (excluding diaryl/α,β-unsaturated/α-hetero) is 1. The van der Waals surface area contributed by atoms with Crippen LogP contribution < -0.4 is 17.0 Å². The predicted octanol–water partition coefficient (Wildman–Crippen LogP) is 2.16. The number of rotatable bonds is 5. The van der Waals surface area contributed by atoms with Crippen molar-refractivity contribution >= 4 is 66.6 Å². The van der Waals surface area contributed by atoms with Gasteiger partial charge in [-0.1, -0.05) is 13.8 Å². The maximum absolute atomic E-state index is 11.5. The van der Waals surface area contributed by atoms with Gasteiger partial charge in [0.25, 0.3) is 5.91 Å². The average Bonchev–Trinajstić information content (AvgIpc) is 2.68. The number of hydrogen-bond acceptors (Lipinski definition) is 5. The third-order valence-electron chi connectivity index (χ3n) is 3.06. The fourth-order valence-electron chi connectivity index (χ4n) is 1.75. The normalized spacial score (nSPS) is 8.77. The zero-order valence-electron chi connectivity index (χ0n) is 17.7. The van der Waals surface area contributed by atoms with Gasteiger partial charge in [0.05, 0.1) is 7.11 Å². The molecular formula is C20H26Br3MgN3O3. The fraction of sp³-hybridized carbons (Fsp3) is 0.350. The SMILES string of the molecule is CCCC(=O)c1ccnc(Br)c1.CON(C)C(=O)c1ccnc(Br)c1.[Br-].[CH2-]CC.[Mg+2]. The zero-order chi connectivity index (χ0) is 21.5. The second-order valence-electron chi connectivity index (χ2n) is 5.39. The summed E-state index contributed by atoms with van der Waals surface area (Å²) in [6, 6.07) is 6.75. The molecule has 0 aliphatic rings. The molecule has 2 aromatic rings. The molecule has 30 heavy (non-hydrogen) atoms. The average molecular weight is 620 g/mol. The topological polar surface area (TPSA) is 72.4 Å². The number of halogens is 3. The minimum atomic E-state index is -0.203. The van der Waals surface area contributed by atoms with Crippen molar-refractivity contribution in [2.45, 2.75) is 33.1 Å². The quantitative estimate of drug-likeness (QED) is 0.169. The van der Waals surface area contributed by atoms with Gasteiger partial charge in [0.15, 0.2) is 5.78 Å². The Balaban J connectivity index is -0.000000406. The first-order valence-corrected chi connectivity index (χ1v) is 10.3. The largest absolute Gasteiger partial charge is 2.00 e. The van der Waals surface area contributed by atoms with E-state index in [9.17, 15) is 9.59 Å². The number of aromatic nitrogens is 2. The smallest absolute Gasteiger partial charge is 1.00 e. The van der Waals surface area contributed by atoms with Crippen LogP contribution in [0.3, 0.4) is 0 Å². The van der Waals surface area contributed by atoms with Crippen LogP contribution in [-0.2, 0) is 4.84 Å². The van der Waals surface area contributed by atoms with E-state index in [1.54, 1.807) is 43.7 Å². The van der Waals surface area contributed by atoms with Crippen molar-refractivity contribution in [2.24, 2.45) is 0 Å². The van der Waals surface area contributed by atoms with E-state index in [0.717, 1.165) is 23.5 Å². The van der Waals surface area contributed by atoms with Gasteiger partial charge in [-0.3, -0.25) is 14.4 Å². The Labute approximate surface area is 222 Å². The van der Waals surface area contributed by atoms with Crippen molar-refractivity contribution in [3.63, 3.8) is 0 Å². The molecule has 162 valence electrons. The Morgan fingerprint density at radius 1 is 1.07 bits per heavy atom. The van der Waals surface area contributed by atoms with E-state index in [2.05, 4.69) is 48.8 Å². The monoisotopic (exact) mass is 617 g/mol. The molecule has 0 spiro atoms. The molecule has 2 aromatic heterocycles. The molecular weight excluding hydrogens is 594 g/mol. The van der Waals surface area contributed by atoms with Crippen LogP contribution in [0.1, 0.15) is 53.8 Å². The summed E-state index contributed by atoms with van der Waals surface area (Å²) in [6.45, 7) is 7.49. The summed E-state index contributed by atoms with van der Waals surface area (Å²) in [5.74, 6) is -0.0220. The zero-order valence-corrected chi connectivity index (χ0v) is 23.9. The Hall–Kier alpha value is -0.394. The van der Waals surface area contributed by atoms with Gasteiger partial charge in [-0.25, -0.2) is 15.0 Å². The van der Waals surface area contributed by atoms with Crippen LogP contribution in [0.4, 0.5) is 0 Å². The van der Waals surface area contributed by atoms with Crippen LogP contribution in [0.25, 0.3) is 0 Å². The van der Waals surface area contributed by atoms with Crippen LogP contribution in [0, 0.1) is 6.92 Å². The molecule has 0 radical (unpaired) electrons. The van der Waals surface area contributed by atoms with E-state index in [-0.39, 0.29) is 51.7 Å². The van der Waals surface area contributed by atoms with E-state index >= 15 is 0 Å². The predicted molar refractivity (Wildman–Crippen MR) is 124 cm³/mol. The van der Waals surface area contributed by atoms with Crippen LogP contribution in [0.15, 0.2) is 45.9 Å². The van der Waals surface area contributed by atoms with Gasteiger partial charge in [0.2, 0.25) is 0 Å². The van der Waals surface area contributed by atoms with Gasteiger partial charge in [0, 0.05) is 37.0 Å². The van der Waals surface area contributed by atoms with Crippen LogP contribution in [0.5, 0.6) is 0 Å². The van der Waals surface area contributed by atoms with Crippen molar-refractivity contribution in [1.29, 1.82) is 0 Å². The molecule has 2 rings (SSSR count). The fourth-order valence-corrected chi connectivity index (χ4v) is 2.48. The summed E-state index contributed by atoms with van der Waals surface area (Å²) in [4.78, 5) is 35.4. The number of carbonyl (C=O) groups excluding carboxylic acids is 2. The van der Waals surface area contributed by atoms with Crippen molar-refractivity contribution in [2.75, 3.05) is 14.2 Å². The van der Waals surface area contributed by atoms with E-state index < -0.39 is 0 Å². The molecule has 0 saturated heterocycles. The number of nitrogens with zero attached hydrogens (tertiary/aromatic N) is 3. The molecule has 0 saturated carbocycles. The molecule has 6 nitrogen and oxygen atoms in total. The minimum Gasteiger partial charge on any atom is -1.00 e. The van der Waals surface area contributed by atoms with Crippen LogP contribution in [-0.4, -0.2) is 63.9 Å². The van der Waals surface area contributed by atoms with E-state index in [4.69, 9.17) is 4.84 Å². The van der Waals surface area contributed by atoms with Gasteiger partial charge < -0.3 is 23.9 Å². The third-order valence-corrected chi connectivity index (χ3v) is 3.93. The molecule has 0 aliphatic heterocycles. The first-order valence-electron chi connectivity index (χ1n) is 8.68. The molecule has 0 aliphatic carbocycles. The molecule has 2 heterocycles. The Morgan fingerprint density at radius 3 is 1.90 bits per heavy atom. The minimum absolute atomic E-state index is 0. The van der Waals surface area contributed by atoms with Gasteiger partial charge in [0.1, 0.15) is 9.21 Å². The van der Waals surface area contributed by atoms with Crippen molar-refractivity contribution < 1.29 is 31.4 Å². The summed E-state index contributed by atoms with van der Waals surface area (Å²) in [6.07, 6.45) is 5.68. The summed E-state index contributed by atoms with van der Waals surface area (Å²) in [5, 5.41) is 1.15. The maximum Gasteiger partial charge on any atom is 2.00 e. The van der Waals surface area contributed by atoms with Crippen LogP contribution >= 0.6 is 31.9 Å². The number of hydroxylamine groups is 2. The number of ketones is 1.